The Morgan fingerprint density at radius 3 is 2.63 bits per heavy atom. The minimum absolute atomic E-state index is 0. The summed E-state index contributed by atoms with van der Waals surface area (Å²) in [5.74, 6) is -0.0440. The molecular weight excluding hydrogens is 357 g/mol. The molecule has 27 heavy (non-hydrogen) atoms. The van der Waals surface area contributed by atoms with Crippen LogP contribution >= 0.6 is 0 Å². The number of nitrogens with zero attached hydrogens (tertiary/aromatic N) is 6. The molecule has 0 unspecified atom stereocenters. The molecule has 4 heterocycles. The van der Waals surface area contributed by atoms with E-state index in [2.05, 4.69) is 20.4 Å². The minimum atomic E-state index is -1.23. The number of pyridine rings is 1. The van der Waals surface area contributed by atoms with Crippen molar-refractivity contribution in [1.82, 2.24) is 28.9 Å². The number of nitrogens with one attached hydrogen (secondary N) is 1. The monoisotopic (exact) mass is 375 g/mol. The van der Waals surface area contributed by atoms with Crippen LogP contribution in [-0.2, 0) is 20.6 Å². The first-order valence-corrected chi connectivity index (χ1v) is 8.24. The van der Waals surface area contributed by atoms with Crippen LogP contribution in [-0.4, -0.2) is 34.9 Å². The van der Waals surface area contributed by atoms with Crippen molar-refractivity contribution >= 4 is 39.7 Å². The maximum Gasteiger partial charge on any atom is 1.00 e. The number of rotatable bonds is 4. The van der Waals surface area contributed by atoms with E-state index in [4.69, 9.17) is 0 Å². The number of carboxylic acid groups (broad SMARTS) is 1. The smallest absolute Gasteiger partial charge is 0.543 e. The van der Waals surface area contributed by atoms with Crippen LogP contribution in [0.1, 0.15) is 23.1 Å². The quantitative estimate of drug-likeness (QED) is 0.418. The Kier molecular flexibility index (Phi) is 5.02. The standard InChI is InChI=1S/C17H19N7O2.Na/c1-5-24-11(17(25)26)7-10-14-13(18-8-22(14)3)15(20-16(10)24)19-12-6-9(2)23(4)21-12;/h6-8H,5H2,1-4H3,(H,25,26)(H,19,20,21);/q;+1/p-1. The van der Waals surface area contributed by atoms with Crippen molar-refractivity contribution in [3.8, 4) is 0 Å². The third kappa shape index (κ3) is 3.01. The maximum absolute atomic E-state index is 11.5. The molecule has 0 atom stereocenters. The number of aromatic carboxylic acids is 1. The van der Waals surface area contributed by atoms with Gasteiger partial charge >= 0.3 is 29.6 Å². The first-order valence-electron chi connectivity index (χ1n) is 8.24. The molecule has 9 nitrogen and oxygen atoms in total. The predicted octanol–water partition coefficient (Wildman–Crippen LogP) is -1.90. The van der Waals surface area contributed by atoms with Crippen LogP contribution in [0.5, 0.6) is 0 Å². The fourth-order valence-electron chi connectivity index (χ4n) is 3.23. The average Bonchev–Trinajstić information content (AvgIpc) is 3.23. The Hall–Kier alpha value is -2.36. The first-order chi connectivity index (χ1) is 12.4. The second-order valence-electron chi connectivity index (χ2n) is 6.23. The Balaban J connectivity index is 0.00000210. The van der Waals surface area contributed by atoms with Crippen LogP contribution in [0, 0.1) is 6.92 Å². The number of anilines is 2. The van der Waals surface area contributed by atoms with Gasteiger partial charge in [0.25, 0.3) is 0 Å². The molecule has 0 bridgehead atoms. The third-order valence-corrected chi connectivity index (χ3v) is 4.59. The normalized spacial score (nSPS) is 11.1. The number of hydrogen-bond acceptors (Lipinski definition) is 6. The van der Waals surface area contributed by atoms with Gasteiger partial charge in [0, 0.05) is 37.8 Å². The number of carboxylic acids is 1. The van der Waals surface area contributed by atoms with Crippen molar-refractivity contribution in [3.63, 3.8) is 0 Å². The minimum Gasteiger partial charge on any atom is -0.543 e. The molecule has 0 saturated heterocycles. The van der Waals surface area contributed by atoms with E-state index >= 15 is 0 Å². The van der Waals surface area contributed by atoms with Gasteiger partial charge < -0.3 is 24.4 Å². The second-order valence-corrected chi connectivity index (χ2v) is 6.23. The first kappa shape index (κ1) is 19.4. The Morgan fingerprint density at radius 2 is 2.04 bits per heavy atom. The van der Waals surface area contributed by atoms with Crippen LogP contribution in [0.15, 0.2) is 18.5 Å². The van der Waals surface area contributed by atoms with Crippen molar-refractivity contribution in [2.24, 2.45) is 14.1 Å². The van der Waals surface area contributed by atoms with E-state index in [1.165, 1.54) is 0 Å². The van der Waals surface area contributed by atoms with E-state index < -0.39 is 5.97 Å². The van der Waals surface area contributed by atoms with Gasteiger partial charge in [-0.3, -0.25) is 4.68 Å². The van der Waals surface area contributed by atoms with Gasteiger partial charge in [-0.2, -0.15) is 5.10 Å². The van der Waals surface area contributed by atoms with E-state index in [0.717, 1.165) is 16.6 Å². The van der Waals surface area contributed by atoms with Crippen molar-refractivity contribution in [2.45, 2.75) is 20.4 Å². The van der Waals surface area contributed by atoms with Gasteiger partial charge in [0.1, 0.15) is 11.2 Å². The van der Waals surface area contributed by atoms with Gasteiger partial charge in [-0.25, -0.2) is 9.97 Å². The molecule has 134 valence electrons. The SMILES string of the molecule is CCn1c(C(=O)[O-])cc2c3c(ncn3C)c(Nc3cc(C)n(C)n3)nc21.[Na+]. The van der Waals surface area contributed by atoms with E-state index in [1.54, 1.807) is 21.6 Å². The number of carbonyl (C=O) groups excluding carboxylic acids is 1. The topological polar surface area (TPSA) is 106 Å². The van der Waals surface area contributed by atoms with E-state index in [1.807, 2.05) is 38.6 Å². The summed E-state index contributed by atoms with van der Waals surface area (Å²) in [6.45, 7) is 4.29. The molecule has 0 radical (unpaired) electrons. The molecule has 10 heteroatoms. The molecule has 4 aromatic heterocycles. The van der Waals surface area contributed by atoms with Gasteiger partial charge in [0.15, 0.2) is 11.6 Å². The Morgan fingerprint density at radius 1 is 1.30 bits per heavy atom. The molecular formula is C17H18N7NaO2. The molecule has 4 rings (SSSR count). The van der Waals surface area contributed by atoms with E-state index in [-0.39, 0.29) is 35.3 Å². The summed E-state index contributed by atoms with van der Waals surface area (Å²) in [5, 5.41) is 19.8. The second kappa shape index (κ2) is 6.99. The zero-order valence-electron chi connectivity index (χ0n) is 15.9. The summed E-state index contributed by atoms with van der Waals surface area (Å²) in [4.78, 5) is 20.6. The molecule has 1 N–H and O–H groups in total. The fourth-order valence-corrected chi connectivity index (χ4v) is 3.23. The van der Waals surface area contributed by atoms with Gasteiger partial charge in [0.05, 0.1) is 23.5 Å². The number of imidazole rings is 1. The van der Waals surface area contributed by atoms with Gasteiger partial charge in [-0.1, -0.05) is 0 Å². The van der Waals surface area contributed by atoms with Gasteiger partial charge in [-0.05, 0) is 19.9 Å². The number of hydrogen-bond donors (Lipinski definition) is 1. The largest absolute Gasteiger partial charge is 1.00 e. The number of aromatic nitrogens is 6. The molecule has 0 aromatic carbocycles. The zero-order valence-corrected chi connectivity index (χ0v) is 17.9. The number of fused-ring (bicyclic) bond motifs is 3. The number of carbonyl (C=O) groups is 1. The van der Waals surface area contributed by atoms with Crippen LogP contribution in [0.2, 0.25) is 0 Å². The molecule has 0 spiro atoms. The van der Waals surface area contributed by atoms with Crippen LogP contribution in [0.3, 0.4) is 0 Å². The van der Waals surface area contributed by atoms with Crippen LogP contribution < -0.4 is 40.0 Å². The summed E-state index contributed by atoms with van der Waals surface area (Å²) in [6, 6.07) is 3.51. The Labute approximate surface area is 177 Å². The van der Waals surface area contributed by atoms with Crippen molar-refractivity contribution in [1.29, 1.82) is 0 Å². The maximum atomic E-state index is 11.5. The average molecular weight is 375 g/mol. The third-order valence-electron chi connectivity index (χ3n) is 4.59. The fraction of sp³-hybridized carbons (Fsp3) is 0.294. The molecule has 0 aliphatic carbocycles. The molecule has 0 aliphatic heterocycles. The van der Waals surface area contributed by atoms with Crippen molar-refractivity contribution < 1.29 is 39.5 Å². The van der Waals surface area contributed by atoms with Gasteiger partial charge in [-0.15, -0.1) is 0 Å². The summed E-state index contributed by atoms with van der Waals surface area (Å²) >= 11 is 0. The van der Waals surface area contributed by atoms with Crippen LogP contribution in [0.4, 0.5) is 11.6 Å². The summed E-state index contributed by atoms with van der Waals surface area (Å²) in [5.41, 5.74) is 3.13. The number of aryl methyl sites for hydroxylation is 4. The summed E-state index contributed by atoms with van der Waals surface area (Å²) in [6.07, 6.45) is 1.68. The van der Waals surface area contributed by atoms with Crippen molar-refractivity contribution in [3.05, 3.63) is 29.8 Å². The van der Waals surface area contributed by atoms with Gasteiger partial charge in [0.2, 0.25) is 0 Å². The zero-order chi connectivity index (χ0) is 18.6. The van der Waals surface area contributed by atoms with E-state index in [9.17, 15) is 9.90 Å². The summed E-state index contributed by atoms with van der Waals surface area (Å²) < 4.78 is 5.25. The Bertz CT molecular complexity index is 1150. The predicted molar refractivity (Wildman–Crippen MR) is 95.2 cm³/mol. The van der Waals surface area contributed by atoms with E-state index in [0.29, 0.717) is 29.3 Å². The molecule has 0 saturated carbocycles. The molecule has 0 aliphatic rings. The van der Waals surface area contributed by atoms with Crippen molar-refractivity contribution in [2.75, 3.05) is 5.32 Å². The van der Waals surface area contributed by atoms with Crippen LogP contribution in [0.25, 0.3) is 22.1 Å². The summed E-state index contributed by atoms with van der Waals surface area (Å²) in [7, 11) is 3.73. The molecule has 0 amide bonds. The molecule has 0 fully saturated rings. The molecule has 4 aromatic rings.